The van der Waals surface area contributed by atoms with Crippen LogP contribution in [0.4, 0.5) is 4.39 Å². The fourth-order valence-corrected chi connectivity index (χ4v) is 2.09. The van der Waals surface area contributed by atoms with Crippen LogP contribution >= 0.6 is 0 Å². The van der Waals surface area contributed by atoms with Crippen LogP contribution in [-0.4, -0.2) is 17.9 Å². The van der Waals surface area contributed by atoms with Gasteiger partial charge >= 0.3 is 0 Å². The second kappa shape index (κ2) is 8.61. The van der Waals surface area contributed by atoms with E-state index in [0.29, 0.717) is 16.9 Å². The average Bonchev–Trinajstić information content (AvgIpc) is 2.46. The van der Waals surface area contributed by atoms with Crippen LogP contribution in [0.5, 0.6) is 0 Å². The molecular formula is C19H27FN2O. The lowest BCUT2D eigenvalue weighted by Gasteiger charge is -2.09. The molecule has 0 unspecified atom stereocenters. The number of rotatable bonds is 3. The van der Waals surface area contributed by atoms with Crippen LogP contribution < -0.4 is 5.32 Å². The molecule has 1 aromatic heterocycles. The van der Waals surface area contributed by atoms with Crippen molar-refractivity contribution in [2.75, 3.05) is 7.05 Å². The standard InChI is InChI=1S/C15H17FN2O.C4H10/c1-9(2)8-10-4-5-11-12(15(19)17-3)6-7-13(16)14(11)18-10;1-4(2)3/h4-7,9H,8H2,1-3H3,(H,17,19);4H,1-3H3. The Morgan fingerprint density at radius 2 is 1.74 bits per heavy atom. The van der Waals surface area contributed by atoms with Gasteiger partial charge in [-0.15, -0.1) is 0 Å². The Morgan fingerprint density at radius 3 is 2.26 bits per heavy atom. The van der Waals surface area contributed by atoms with Crippen LogP contribution in [0.3, 0.4) is 0 Å². The first-order valence-corrected chi connectivity index (χ1v) is 8.06. The van der Waals surface area contributed by atoms with Gasteiger partial charge in [-0.25, -0.2) is 9.37 Å². The van der Waals surface area contributed by atoms with Gasteiger partial charge in [-0.2, -0.15) is 0 Å². The molecule has 23 heavy (non-hydrogen) atoms. The number of fused-ring (bicyclic) bond motifs is 1. The van der Waals surface area contributed by atoms with Gasteiger partial charge in [0.05, 0.1) is 0 Å². The van der Waals surface area contributed by atoms with E-state index < -0.39 is 5.82 Å². The number of aromatic nitrogens is 1. The highest BCUT2D eigenvalue weighted by Crippen LogP contribution is 2.21. The van der Waals surface area contributed by atoms with Gasteiger partial charge in [0.15, 0.2) is 0 Å². The molecule has 0 radical (unpaired) electrons. The summed E-state index contributed by atoms with van der Waals surface area (Å²) < 4.78 is 13.9. The summed E-state index contributed by atoms with van der Waals surface area (Å²) in [5.41, 5.74) is 1.55. The maximum absolute atomic E-state index is 13.9. The zero-order chi connectivity index (χ0) is 17.6. The number of carbonyl (C=O) groups is 1. The van der Waals surface area contributed by atoms with E-state index in [-0.39, 0.29) is 11.4 Å². The highest BCUT2D eigenvalue weighted by molar-refractivity contribution is 6.06. The summed E-state index contributed by atoms with van der Waals surface area (Å²) in [6.07, 6.45) is 0.791. The fourth-order valence-electron chi connectivity index (χ4n) is 2.09. The first kappa shape index (κ1) is 19.1. The minimum atomic E-state index is -0.395. The van der Waals surface area contributed by atoms with Gasteiger partial charge in [0.2, 0.25) is 0 Å². The summed E-state index contributed by atoms with van der Waals surface area (Å²) in [6, 6.07) is 6.40. The van der Waals surface area contributed by atoms with Gasteiger partial charge in [0, 0.05) is 23.7 Å². The number of amides is 1. The maximum Gasteiger partial charge on any atom is 0.251 e. The van der Waals surface area contributed by atoms with Crippen molar-refractivity contribution >= 4 is 16.8 Å². The molecule has 1 aromatic carbocycles. The molecule has 1 N–H and O–H groups in total. The van der Waals surface area contributed by atoms with E-state index in [4.69, 9.17) is 0 Å². The number of benzene rings is 1. The Labute approximate surface area is 138 Å². The van der Waals surface area contributed by atoms with Crippen molar-refractivity contribution in [3.8, 4) is 0 Å². The number of nitrogens with one attached hydrogen (secondary N) is 1. The van der Waals surface area contributed by atoms with Crippen LogP contribution in [0.15, 0.2) is 24.3 Å². The monoisotopic (exact) mass is 318 g/mol. The summed E-state index contributed by atoms with van der Waals surface area (Å²) in [4.78, 5) is 16.1. The zero-order valence-corrected chi connectivity index (χ0v) is 14.9. The molecule has 0 fully saturated rings. The van der Waals surface area contributed by atoms with Crippen molar-refractivity contribution in [2.24, 2.45) is 11.8 Å². The van der Waals surface area contributed by atoms with E-state index in [0.717, 1.165) is 18.0 Å². The summed E-state index contributed by atoms with van der Waals surface area (Å²) in [7, 11) is 1.55. The first-order chi connectivity index (χ1) is 10.8. The van der Waals surface area contributed by atoms with Gasteiger partial charge in [0.1, 0.15) is 11.3 Å². The number of halogens is 1. The molecule has 0 aliphatic rings. The lowest BCUT2D eigenvalue weighted by Crippen LogP contribution is -2.18. The second-order valence-electron chi connectivity index (χ2n) is 6.70. The van der Waals surface area contributed by atoms with Crippen LogP contribution in [0.1, 0.15) is 50.7 Å². The summed E-state index contributed by atoms with van der Waals surface area (Å²) >= 11 is 0. The maximum atomic E-state index is 13.9. The van der Waals surface area contributed by atoms with E-state index in [1.165, 1.54) is 12.1 Å². The van der Waals surface area contributed by atoms with Gasteiger partial charge < -0.3 is 5.32 Å². The first-order valence-electron chi connectivity index (χ1n) is 8.06. The van der Waals surface area contributed by atoms with Gasteiger partial charge in [-0.05, 0) is 36.5 Å². The van der Waals surface area contributed by atoms with E-state index in [1.807, 2.05) is 6.07 Å². The fraction of sp³-hybridized carbons (Fsp3) is 0.474. The van der Waals surface area contributed by atoms with Crippen LogP contribution in [0, 0.1) is 17.7 Å². The smallest absolute Gasteiger partial charge is 0.251 e. The topological polar surface area (TPSA) is 42.0 Å². The Balaban J connectivity index is 0.000000593. The molecule has 0 saturated carbocycles. The van der Waals surface area contributed by atoms with E-state index >= 15 is 0 Å². The van der Waals surface area contributed by atoms with Crippen LogP contribution in [0.2, 0.25) is 0 Å². The molecule has 0 spiro atoms. The predicted octanol–water partition coefficient (Wildman–Crippen LogP) is 4.59. The minimum absolute atomic E-state index is 0.233. The van der Waals surface area contributed by atoms with Gasteiger partial charge in [-0.3, -0.25) is 4.79 Å². The highest BCUT2D eigenvalue weighted by Gasteiger charge is 2.13. The third-order valence-electron chi connectivity index (χ3n) is 2.95. The second-order valence-corrected chi connectivity index (χ2v) is 6.70. The molecule has 2 aromatic rings. The molecule has 1 heterocycles. The highest BCUT2D eigenvalue weighted by atomic mass is 19.1. The zero-order valence-electron chi connectivity index (χ0n) is 14.9. The minimum Gasteiger partial charge on any atom is -0.355 e. The van der Waals surface area contributed by atoms with Crippen molar-refractivity contribution in [1.82, 2.24) is 10.3 Å². The summed E-state index contributed by atoms with van der Waals surface area (Å²) in [5, 5.41) is 3.10. The number of nitrogens with zero attached hydrogens (tertiary/aromatic N) is 1. The molecule has 126 valence electrons. The third-order valence-corrected chi connectivity index (χ3v) is 2.95. The lowest BCUT2D eigenvalue weighted by atomic mass is 10.0. The molecule has 3 nitrogen and oxygen atoms in total. The number of pyridine rings is 1. The van der Waals surface area contributed by atoms with Crippen LogP contribution in [0.25, 0.3) is 10.9 Å². The van der Waals surface area contributed by atoms with E-state index in [1.54, 1.807) is 13.1 Å². The van der Waals surface area contributed by atoms with Crippen molar-refractivity contribution < 1.29 is 9.18 Å². The van der Waals surface area contributed by atoms with Crippen molar-refractivity contribution in [3.63, 3.8) is 0 Å². The number of hydrogen-bond acceptors (Lipinski definition) is 2. The Kier molecular flexibility index (Phi) is 7.14. The normalized spacial score (nSPS) is 10.7. The largest absolute Gasteiger partial charge is 0.355 e. The quantitative estimate of drug-likeness (QED) is 0.899. The molecule has 0 aliphatic heterocycles. The summed E-state index contributed by atoms with van der Waals surface area (Å²) in [6.45, 7) is 10.7. The number of hydrogen-bond donors (Lipinski definition) is 1. The van der Waals surface area contributed by atoms with Gasteiger partial charge in [0.25, 0.3) is 5.91 Å². The molecule has 1 amide bonds. The predicted molar refractivity (Wildman–Crippen MR) is 94.1 cm³/mol. The summed E-state index contributed by atoms with van der Waals surface area (Å²) in [5.74, 6) is 0.659. The van der Waals surface area contributed by atoms with Crippen LogP contribution in [-0.2, 0) is 6.42 Å². The van der Waals surface area contributed by atoms with Gasteiger partial charge in [-0.1, -0.05) is 40.7 Å². The molecule has 2 rings (SSSR count). The Morgan fingerprint density at radius 1 is 1.13 bits per heavy atom. The molecule has 0 atom stereocenters. The SMILES string of the molecule is CC(C)C.CNC(=O)c1ccc(F)c2nc(CC(C)C)ccc12. The molecule has 0 saturated heterocycles. The third kappa shape index (κ3) is 5.62. The molecule has 4 heteroatoms. The molecule has 0 bridgehead atoms. The molecular weight excluding hydrogens is 291 g/mol. The molecule has 0 aliphatic carbocycles. The Bertz CT molecular complexity index is 663. The van der Waals surface area contributed by atoms with Crippen molar-refractivity contribution in [3.05, 3.63) is 41.3 Å². The number of carbonyl (C=O) groups excluding carboxylic acids is 1. The van der Waals surface area contributed by atoms with Crippen molar-refractivity contribution in [1.29, 1.82) is 0 Å². The van der Waals surface area contributed by atoms with E-state index in [9.17, 15) is 9.18 Å². The lowest BCUT2D eigenvalue weighted by molar-refractivity contribution is 0.0964. The Hall–Kier alpha value is -1.97. The van der Waals surface area contributed by atoms with E-state index in [2.05, 4.69) is 44.9 Å². The average molecular weight is 318 g/mol. The van der Waals surface area contributed by atoms with Crippen molar-refractivity contribution in [2.45, 2.75) is 41.0 Å².